The van der Waals surface area contributed by atoms with Crippen LogP contribution in [0.15, 0.2) is 34.9 Å². The summed E-state index contributed by atoms with van der Waals surface area (Å²) in [7, 11) is 0. The maximum atomic E-state index is 9.86. The van der Waals surface area contributed by atoms with Gasteiger partial charge in [0, 0.05) is 10.9 Å². The fraction of sp³-hybridized carbons (Fsp3) is 0.125. The molecule has 0 unspecified atom stereocenters. The van der Waals surface area contributed by atoms with E-state index in [0.29, 0.717) is 11.3 Å². The smallest absolute Gasteiger partial charge is 0.188 e. The van der Waals surface area contributed by atoms with Crippen LogP contribution in [-0.4, -0.2) is 10.3 Å². The van der Waals surface area contributed by atoms with Crippen molar-refractivity contribution in [3.63, 3.8) is 0 Å². The molecule has 4 nitrogen and oxygen atoms in total. The van der Waals surface area contributed by atoms with Crippen molar-refractivity contribution in [3.05, 3.63) is 53.0 Å². The number of rotatable bonds is 1. The number of hydrogen-bond acceptors (Lipinski definition) is 3. The van der Waals surface area contributed by atoms with Crippen LogP contribution in [0.2, 0.25) is 0 Å². The number of nitrogens with zero attached hydrogens (tertiary/aromatic N) is 2. The van der Waals surface area contributed by atoms with Crippen LogP contribution in [0.3, 0.4) is 0 Å². The van der Waals surface area contributed by atoms with E-state index in [2.05, 4.69) is 10.0 Å². The standard InChI is InChI=1S/C16H12N2O2/c1-9-4-5-11(6-15(9)19)14-8-12(17-3)7-13-10(2)18-20-16(13)14/h4-8,19H,1-2H3. The van der Waals surface area contributed by atoms with E-state index in [1.54, 1.807) is 18.2 Å². The van der Waals surface area contributed by atoms with Gasteiger partial charge in [-0.2, -0.15) is 0 Å². The highest BCUT2D eigenvalue weighted by molar-refractivity contribution is 5.96. The molecule has 0 aliphatic heterocycles. The summed E-state index contributed by atoms with van der Waals surface area (Å²) in [5.41, 5.74) is 4.30. The zero-order chi connectivity index (χ0) is 14.3. The fourth-order valence-electron chi connectivity index (χ4n) is 2.20. The summed E-state index contributed by atoms with van der Waals surface area (Å²) < 4.78 is 5.37. The van der Waals surface area contributed by atoms with Crippen molar-refractivity contribution < 1.29 is 9.63 Å². The first-order valence-corrected chi connectivity index (χ1v) is 6.17. The Balaban J connectivity index is 2.34. The Morgan fingerprint density at radius 2 is 2.00 bits per heavy atom. The molecule has 98 valence electrons. The van der Waals surface area contributed by atoms with E-state index in [1.807, 2.05) is 26.0 Å². The summed E-state index contributed by atoms with van der Waals surface area (Å²) >= 11 is 0. The highest BCUT2D eigenvalue weighted by Crippen LogP contribution is 2.36. The molecule has 0 atom stereocenters. The Bertz CT molecular complexity index is 857. The number of fused-ring (bicyclic) bond motifs is 1. The van der Waals surface area contributed by atoms with E-state index in [1.165, 1.54) is 0 Å². The molecule has 3 rings (SSSR count). The molecular weight excluding hydrogens is 252 g/mol. The number of hydrogen-bond donors (Lipinski definition) is 1. The Labute approximate surface area is 116 Å². The zero-order valence-electron chi connectivity index (χ0n) is 11.1. The molecule has 0 saturated carbocycles. The van der Waals surface area contributed by atoms with E-state index in [9.17, 15) is 5.11 Å². The number of aromatic nitrogens is 1. The van der Waals surface area contributed by atoms with E-state index >= 15 is 0 Å². The van der Waals surface area contributed by atoms with Gasteiger partial charge in [0.25, 0.3) is 0 Å². The maximum absolute atomic E-state index is 9.86. The van der Waals surface area contributed by atoms with Gasteiger partial charge in [-0.05, 0) is 43.2 Å². The van der Waals surface area contributed by atoms with Gasteiger partial charge in [0.15, 0.2) is 11.3 Å². The predicted octanol–water partition coefficient (Wildman–Crippen LogP) is 4.37. The van der Waals surface area contributed by atoms with Gasteiger partial charge in [0.2, 0.25) is 0 Å². The number of phenols is 1. The highest BCUT2D eigenvalue weighted by atomic mass is 16.5. The Hall–Kier alpha value is -2.80. The number of phenolic OH excluding ortho intramolecular Hbond substituents is 1. The Morgan fingerprint density at radius 3 is 2.70 bits per heavy atom. The van der Waals surface area contributed by atoms with Crippen molar-refractivity contribution in [1.82, 2.24) is 5.16 Å². The average molecular weight is 264 g/mol. The third-order valence-electron chi connectivity index (χ3n) is 3.39. The topological polar surface area (TPSA) is 50.6 Å². The molecule has 0 bridgehead atoms. The van der Waals surface area contributed by atoms with Crippen molar-refractivity contribution in [3.8, 4) is 16.9 Å². The summed E-state index contributed by atoms with van der Waals surface area (Å²) in [6.07, 6.45) is 0. The lowest BCUT2D eigenvalue weighted by molar-refractivity contribution is 0.451. The lowest BCUT2D eigenvalue weighted by atomic mass is 10.0. The Kier molecular flexibility index (Phi) is 2.69. The minimum absolute atomic E-state index is 0.222. The molecule has 1 aromatic heterocycles. The van der Waals surface area contributed by atoms with Gasteiger partial charge in [-0.1, -0.05) is 17.3 Å². The largest absolute Gasteiger partial charge is 0.508 e. The van der Waals surface area contributed by atoms with Crippen molar-refractivity contribution in [2.45, 2.75) is 13.8 Å². The van der Waals surface area contributed by atoms with Gasteiger partial charge in [-0.15, -0.1) is 0 Å². The second-order valence-corrected chi connectivity index (χ2v) is 4.75. The van der Waals surface area contributed by atoms with Crippen LogP contribution in [-0.2, 0) is 0 Å². The van der Waals surface area contributed by atoms with Crippen LogP contribution >= 0.6 is 0 Å². The molecule has 4 heteroatoms. The zero-order valence-corrected chi connectivity index (χ0v) is 11.1. The van der Waals surface area contributed by atoms with Gasteiger partial charge in [0.05, 0.1) is 12.3 Å². The fourth-order valence-corrected chi connectivity index (χ4v) is 2.20. The van der Waals surface area contributed by atoms with Crippen molar-refractivity contribution >= 4 is 16.7 Å². The predicted molar refractivity (Wildman–Crippen MR) is 76.8 cm³/mol. The minimum atomic E-state index is 0.222. The molecule has 0 aliphatic carbocycles. The van der Waals surface area contributed by atoms with E-state index in [-0.39, 0.29) is 5.75 Å². The molecule has 0 radical (unpaired) electrons. The quantitative estimate of drug-likeness (QED) is 0.664. The van der Waals surface area contributed by atoms with Gasteiger partial charge in [-0.3, -0.25) is 0 Å². The summed E-state index contributed by atoms with van der Waals surface area (Å²) in [6, 6.07) is 8.94. The van der Waals surface area contributed by atoms with Crippen LogP contribution in [0.4, 0.5) is 5.69 Å². The van der Waals surface area contributed by atoms with Gasteiger partial charge < -0.3 is 9.63 Å². The maximum Gasteiger partial charge on any atom is 0.188 e. The summed E-state index contributed by atoms with van der Waals surface area (Å²) in [5.74, 6) is 0.222. The summed E-state index contributed by atoms with van der Waals surface area (Å²) in [4.78, 5) is 3.49. The van der Waals surface area contributed by atoms with E-state index in [4.69, 9.17) is 11.1 Å². The molecule has 3 aromatic rings. The molecule has 1 heterocycles. The Morgan fingerprint density at radius 1 is 1.20 bits per heavy atom. The summed E-state index contributed by atoms with van der Waals surface area (Å²) in [6.45, 7) is 10.9. The second-order valence-electron chi connectivity index (χ2n) is 4.75. The van der Waals surface area contributed by atoms with E-state index < -0.39 is 0 Å². The first-order valence-electron chi connectivity index (χ1n) is 6.17. The molecule has 0 spiro atoms. The monoisotopic (exact) mass is 264 g/mol. The van der Waals surface area contributed by atoms with Crippen LogP contribution in [0, 0.1) is 20.4 Å². The van der Waals surface area contributed by atoms with Crippen LogP contribution in [0.1, 0.15) is 11.3 Å². The molecule has 1 N–H and O–H groups in total. The van der Waals surface area contributed by atoms with Gasteiger partial charge in [0.1, 0.15) is 5.75 Å². The molecule has 0 aliphatic rings. The van der Waals surface area contributed by atoms with Crippen LogP contribution in [0.5, 0.6) is 5.75 Å². The van der Waals surface area contributed by atoms with Crippen LogP contribution < -0.4 is 0 Å². The van der Waals surface area contributed by atoms with Gasteiger partial charge in [-0.25, -0.2) is 4.85 Å². The molecule has 0 fully saturated rings. The van der Waals surface area contributed by atoms with Crippen molar-refractivity contribution in [2.24, 2.45) is 0 Å². The number of benzene rings is 2. The lowest BCUT2D eigenvalue weighted by Crippen LogP contribution is -1.82. The molecular formula is C16H12N2O2. The van der Waals surface area contributed by atoms with Crippen molar-refractivity contribution in [2.75, 3.05) is 0 Å². The highest BCUT2D eigenvalue weighted by Gasteiger charge is 2.13. The molecule has 0 saturated heterocycles. The minimum Gasteiger partial charge on any atom is -0.508 e. The second kappa shape index (κ2) is 4.39. The van der Waals surface area contributed by atoms with Crippen molar-refractivity contribution in [1.29, 1.82) is 0 Å². The lowest BCUT2D eigenvalue weighted by Gasteiger charge is -2.06. The summed E-state index contributed by atoms with van der Waals surface area (Å²) in [5, 5.41) is 14.6. The number of aromatic hydroxyl groups is 1. The molecule has 0 amide bonds. The molecule has 20 heavy (non-hydrogen) atoms. The third-order valence-corrected chi connectivity index (χ3v) is 3.39. The first-order chi connectivity index (χ1) is 9.60. The van der Waals surface area contributed by atoms with E-state index in [0.717, 1.165) is 27.8 Å². The third kappa shape index (κ3) is 1.81. The first kappa shape index (κ1) is 12.2. The normalized spacial score (nSPS) is 10.7. The van der Waals surface area contributed by atoms with Gasteiger partial charge >= 0.3 is 0 Å². The van der Waals surface area contributed by atoms with Crippen LogP contribution in [0.25, 0.3) is 26.9 Å². The number of aryl methyl sites for hydroxylation is 2. The molecule has 2 aromatic carbocycles. The SMILES string of the molecule is [C-]#[N+]c1cc(-c2ccc(C)c(O)c2)c2onc(C)c2c1. The average Bonchev–Trinajstić information content (AvgIpc) is 2.82.